The first-order valence-corrected chi connectivity index (χ1v) is 14.1. The number of nitrogens with zero attached hydrogens (tertiary/aromatic N) is 4. The van der Waals surface area contributed by atoms with Gasteiger partial charge in [0.15, 0.2) is 0 Å². The average Bonchev–Trinajstić information content (AvgIpc) is 3.39. The van der Waals surface area contributed by atoms with E-state index in [4.69, 9.17) is 4.98 Å². The molecule has 43 heavy (non-hydrogen) atoms. The van der Waals surface area contributed by atoms with Gasteiger partial charge in [0, 0.05) is 41.3 Å². The zero-order chi connectivity index (χ0) is 29.2. The molecule has 7 aromatic rings. The van der Waals surface area contributed by atoms with Crippen molar-refractivity contribution in [1.82, 2.24) is 19.5 Å². The van der Waals surface area contributed by atoms with Gasteiger partial charge < -0.3 is 9.88 Å². The Balaban J connectivity index is 1.61. The lowest BCUT2D eigenvalue weighted by Crippen LogP contribution is -2.37. The predicted octanol–water partition coefficient (Wildman–Crippen LogP) is 8.01. The van der Waals surface area contributed by atoms with Crippen molar-refractivity contribution >= 4 is 27.8 Å². The summed E-state index contributed by atoms with van der Waals surface area (Å²) in [6.07, 6.45) is 3.66. The normalized spacial score (nSPS) is 11.7. The van der Waals surface area contributed by atoms with Gasteiger partial charge in [0.2, 0.25) is 5.95 Å². The van der Waals surface area contributed by atoms with Gasteiger partial charge >= 0.3 is 0 Å². The molecule has 0 amide bonds. The Morgan fingerprint density at radius 2 is 1.33 bits per heavy atom. The molecule has 0 aliphatic rings. The summed E-state index contributed by atoms with van der Waals surface area (Å²) in [5.74, 6) is -0.413. The van der Waals surface area contributed by atoms with Crippen LogP contribution < -0.4 is 5.32 Å². The third kappa shape index (κ3) is 4.50. The van der Waals surface area contributed by atoms with Crippen LogP contribution in [-0.2, 0) is 5.54 Å². The molecule has 4 aromatic heterocycles. The molecule has 210 valence electrons. The number of hydrogen-bond donors (Lipinski definition) is 1. The van der Waals surface area contributed by atoms with Gasteiger partial charge in [0.1, 0.15) is 23.7 Å². The quantitative estimate of drug-likeness (QED) is 0.149. The van der Waals surface area contributed by atoms with E-state index < -0.39 is 18.2 Å². The fourth-order valence-electron chi connectivity index (χ4n) is 6.07. The van der Waals surface area contributed by atoms with Gasteiger partial charge in [-0.1, -0.05) is 91.0 Å². The highest BCUT2D eigenvalue weighted by Gasteiger charge is 2.41. The van der Waals surface area contributed by atoms with E-state index in [2.05, 4.69) is 92.6 Å². The number of pyridine rings is 3. The number of aromatic nitrogens is 4. The van der Waals surface area contributed by atoms with Crippen molar-refractivity contribution < 1.29 is 8.78 Å². The molecular weight excluding hydrogens is 540 g/mol. The highest BCUT2D eigenvalue weighted by atomic mass is 19.1. The van der Waals surface area contributed by atoms with E-state index in [-0.39, 0.29) is 12.4 Å². The lowest BCUT2D eigenvalue weighted by Gasteiger charge is -2.38. The van der Waals surface area contributed by atoms with E-state index in [1.807, 2.05) is 42.6 Å². The zero-order valence-corrected chi connectivity index (χ0v) is 23.2. The molecule has 0 saturated carbocycles. The van der Waals surface area contributed by atoms with Crippen LogP contribution in [0.2, 0.25) is 0 Å². The van der Waals surface area contributed by atoms with Crippen molar-refractivity contribution in [3.63, 3.8) is 0 Å². The fraction of sp³-hybridized carbons (Fsp3) is 0.0833. The van der Waals surface area contributed by atoms with Crippen LogP contribution in [0.1, 0.15) is 16.7 Å². The molecule has 0 atom stereocenters. The maximum absolute atomic E-state index is 14.7. The summed E-state index contributed by atoms with van der Waals surface area (Å²) in [6, 6.07) is 40.2. The van der Waals surface area contributed by atoms with Crippen LogP contribution in [0, 0.1) is 5.95 Å². The number of benzene rings is 3. The first-order chi connectivity index (χ1) is 21.2. The second-order valence-electron chi connectivity index (χ2n) is 10.3. The standard InChI is InChI=1S/C36H27F2N5/c37-19-21-40-34-23-25(22-33(38)42-34)31-17-16-29-30-24-39-20-18-32(30)43(35(29)41-31)36(26-10-4-1-5-11-26,27-12-6-2-7-13-27)28-14-8-3-9-15-28/h1-18,20,22-24H,19,21H2,(H,40,42). The van der Waals surface area contributed by atoms with E-state index in [9.17, 15) is 8.78 Å². The molecule has 0 saturated heterocycles. The second kappa shape index (κ2) is 11.1. The Bertz CT molecular complexity index is 1930. The number of rotatable bonds is 8. The molecule has 0 spiro atoms. The van der Waals surface area contributed by atoms with Gasteiger partial charge in [-0.3, -0.25) is 4.98 Å². The van der Waals surface area contributed by atoms with Crippen molar-refractivity contribution in [2.45, 2.75) is 5.54 Å². The fourth-order valence-corrected chi connectivity index (χ4v) is 6.07. The number of halogens is 2. The third-order valence-corrected chi connectivity index (χ3v) is 7.82. The lowest BCUT2D eigenvalue weighted by molar-refractivity contribution is 0.511. The van der Waals surface area contributed by atoms with Crippen LogP contribution in [0.15, 0.2) is 134 Å². The van der Waals surface area contributed by atoms with Gasteiger partial charge in [-0.15, -0.1) is 0 Å². The van der Waals surface area contributed by atoms with Crippen molar-refractivity contribution in [2.75, 3.05) is 18.5 Å². The minimum atomic E-state index is -0.825. The van der Waals surface area contributed by atoms with Crippen LogP contribution in [0.3, 0.4) is 0 Å². The van der Waals surface area contributed by atoms with E-state index in [1.165, 1.54) is 6.07 Å². The third-order valence-electron chi connectivity index (χ3n) is 7.82. The largest absolute Gasteiger partial charge is 0.367 e. The summed E-state index contributed by atoms with van der Waals surface area (Å²) in [5.41, 5.74) is 5.12. The molecule has 7 rings (SSSR count). The Morgan fingerprint density at radius 3 is 1.93 bits per heavy atom. The van der Waals surface area contributed by atoms with Gasteiger partial charge in [-0.25, -0.2) is 14.4 Å². The molecule has 0 fully saturated rings. The highest BCUT2D eigenvalue weighted by Crippen LogP contribution is 2.46. The summed E-state index contributed by atoms with van der Waals surface area (Å²) in [6.45, 7) is -0.552. The molecule has 4 heterocycles. The van der Waals surface area contributed by atoms with E-state index in [0.29, 0.717) is 16.9 Å². The average molecular weight is 568 g/mol. The molecule has 0 unspecified atom stereocenters. The Morgan fingerprint density at radius 1 is 0.698 bits per heavy atom. The minimum Gasteiger partial charge on any atom is -0.367 e. The summed E-state index contributed by atoms with van der Waals surface area (Å²) >= 11 is 0. The topological polar surface area (TPSA) is 55.6 Å². The predicted molar refractivity (Wildman–Crippen MR) is 167 cm³/mol. The van der Waals surface area contributed by atoms with E-state index in [0.717, 1.165) is 33.0 Å². The van der Waals surface area contributed by atoms with Crippen LogP contribution >= 0.6 is 0 Å². The number of hydrogen-bond acceptors (Lipinski definition) is 4. The summed E-state index contributed by atoms with van der Waals surface area (Å²) < 4.78 is 29.8. The molecule has 5 nitrogen and oxygen atoms in total. The number of nitrogens with one attached hydrogen (secondary N) is 1. The van der Waals surface area contributed by atoms with Gasteiger partial charge in [-0.05, 0) is 41.0 Å². The smallest absolute Gasteiger partial charge is 0.215 e. The molecule has 0 bridgehead atoms. The van der Waals surface area contributed by atoms with Crippen LogP contribution in [-0.4, -0.2) is 32.7 Å². The molecule has 3 aromatic carbocycles. The summed E-state index contributed by atoms with van der Waals surface area (Å²) in [4.78, 5) is 13.6. The maximum Gasteiger partial charge on any atom is 0.215 e. The first-order valence-electron chi connectivity index (χ1n) is 14.1. The van der Waals surface area contributed by atoms with Gasteiger partial charge in [0.25, 0.3) is 0 Å². The zero-order valence-electron chi connectivity index (χ0n) is 23.2. The number of alkyl halides is 1. The van der Waals surface area contributed by atoms with Crippen molar-refractivity contribution in [1.29, 1.82) is 0 Å². The van der Waals surface area contributed by atoms with Gasteiger partial charge in [-0.2, -0.15) is 4.39 Å². The molecule has 0 aliphatic carbocycles. The minimum absolute atomic E-state index is 0.0390. The van der Waals surface area contributed by atoms with Crippen molar-refractivity contribution in [3.8, 4) is 11.3 Å². The van der Waals surface area contributed by atoms with Crippen LogP contribution in [0.5, 0.6) is 0 Å². The number of fused-ring (bicyclic) bond motifs is 3. The molecule has 0 radical (unpaired) electrons. The van der Waals surface area contributed by atoms with Crippen molar-refractivity contribution in [3.05, 3.63) is 156 Å². The molecule has 1 N–H and O–H groups in total. The first kappa shape index (κ1) is 26.5. The highest BCUT2D eigenvalue weighted by molar-refractivity contribution is 6.07. The van der Waals surface area contributed by atoms with Crippen LogP contribution in [0.4, 0.5) is 14.6 Å². The Hall–Kier alpha value is -5.43. The number of anilines is 1. The maximum atomic E-state index is 14.7. The molecule has 0 aliphatic heterocycles. The van der Waals surface area contributed by atoms with Crippen molar-refractivity contribution in [2.24, 2.45) is 0 Å². The molecular formula is C36H27F2N5. The Labute approximate surface area is 247 Å². The monoisotopic (exact) mass is 567 g/mol. The SMILES string of the molecule is FCCNc1cc(-c2ccc3c4cnccc4n(C(c4ccccc4)(c4ccccc4)c4ccccc4)c3n2)cc(F)n1. The molecule has 7 heteroatoms. The van der Waals surface area contributed by atoms with E-state index >= 15 is 0 Å². The lowest BCUT2D eigenvalue weighted by atomic mass is 9.76. The second-order valence-corrected chi connectivity index (χ2v) is 10.3. The summed E-state index contributed by atoms with van der Waals surface area (Å²) in [5, 5.41) is 4.71. The summed E-state index contributed by atoms with van der Waals surface area (Å²) in [7, 11) is 0. The Kier molecular flexibility index (Phi) is 6.83. The van der Waals surface area contributed by atoms with Gasteiger partial charge in [0.05, 0.1) is 11.2 Å². The van der Waals surface area contributed by atoms with E-state index in [1.54, 1.807) is 12.3 Å². The van der Waals surface area contributed by atoms with Crippen LogP contribution in [0.25, 0.3) is 33.2 Å².